The van der Waals surface area contributed by atoms with Crippen molar-refractivity contribution in [3.05, 3.63) is 64.7 Å². The minimum absolute atomic E-state index is 0.0184. The number of aromatic hydroxyl groups is 1. The molecule has 4 nitrogen and oxygen atoms in total. The molecule has 2 N–H and O–H groups in total. The van der Waals surface area contributed by atoms with E-state index in [-0.39, 0.29) is 23.3 Å². The fourth-order valence-corrected chi connectivity index (χ4v) is 4.76. The van der Waals surface area contributed by atoms with Crippen LogP contribution in [0.15, 0.2) is 42.5 Å². The Kier molecular flexibility index (Phi) is 6.04. The number of hydrogen-bond acceptors (Lipinski definition) is 3. The third kappa shape index (κ3) is 4.18. The summed E-state index contributed by atoms with van der Waals surface area (Å²) < 4.78 is 0. The van der Waals surface area contributed by atoms with Crippen molar-refractivity contribution in [3.63, 3.8) is 0 Å². The van der Waals surface area contributed by atoms with Gasteiger partial charge in [0.2, 0.25) is 5.91 Å². The van der Waals surface area contributed by atoms with Crippen molar-refractivity contribution < 1.29 is 9.90 Å². The Balaban J connectivity index is 1.67. The topological polar surface area (TPSA) is 52.6 Å². The van der Waals surface area contributed by atoms with Gasteiger partial charge in [-0.25, -0.2) is 0 Å². The van der Waals surface area contributed by atoms with Crippen molar-refractivity contribution >= 4 is 5.91 Å². The number of benzene rings is 2. The maximum atomic E-state index is 13.0. The summed E-state index contributed by atoms with van der Waals surface area (Å²) in [6.07, 6.45) is 0.835. The zero-order valence-electron chi connectivity index (χ0n) is 18.5. The van der Waals surface area contributed by atoms with Crippen LogP contribution in [-0.2, 0) is 16.6 Å². The molecule has 4 atom stereocenters. The molecule has 0 saturated heterocycles. The average Bonchev–Trinajstić information content (AvgIpc) is 3.23. The molecule has 0 bridgehead atoms. The number of carbonyl (C=O) groups is 1. The van der Waals surface area contributed by atoms with Crippen molar-refractivity contribution in [1.29, 1.82) is 0 Å². The predicted octanol–water partition coefficient (Wildman–Crippen LogP) is 3.82. The molecule has 0 heterocycles. The molecular weight excluding hydrogens is 360 g/mol. The maximum absolute atomic E-state index is 13.0. The normalized spacial score (nSPS) is 24.4. The lowest BCUT2D eigenvalue weighted by Crippen LogP contribution is -2.42. The molecule has 3 rings (SSSR count). The van der Waals surface area contributed by atoms with Crippen LogP contribution in [0.2, 0.25) is 0 Å². The summed E-state index contributed by atoms with van der Waals surface area (Å²) in [6, 6.07) is 14.2. The van der Waals surface area contributed by atoms with Gasteiger partial charge in [-0.2, -0.15) is 0 Å². The highest BCUT2D eigenvalue weighted by atomic mass is 16.3. The largest absolute Gasteiger partial charge is 0.508 e. The number of aryl methyl sites for hydroxylation is 2. The molecule has 0 spiro atoms. The molecule has 0 aromatic heterocycles. The van der Waals surface area contributed by atoms with Crippen molar-refractivity contribution in [2.24, 2.45) is 11.8 Å². The summed E-state index contributed by atoms with van der Waals surface area (Å²) in [7, 11) is 4.10. The van der Waals surface area contributed by atoms with Gasteiger partial charge in [0.1, 0.15) is 5.75 Å². The number of nitrogens with one attached hydrogen (secondary N) is 1. The molecule has 1 amide bonds. The minimum Gasteiger partial charge on any atom is -0.508 e. The number of rotatable bonds is 7. The summed E-state index contributed by atoms with van der Waals surface area (Å²) in [5.41, 5.74) is 4.58. The molecule has 0 unspecified atom stereocenters. The summed E-state index contributed by atoms with van der Waals surface area (Å²) in [5, 5.41) is 13.0. The van der Waals surface area contributed by atoms with Crippen LogP contribution in [-0.4, -0.2) is 42.6 Å². The SMILES string of the molecule is Cc1cc(O)cc(C)c1C[C@@H](CNC(=O)[C@@H]1[C@H](C)[C@@]1(C)c1ccccc1)N(C)C. The van der Waals surface area contributed by atoms with Crippen LogP contribution in [0, 0.1) is 25.7 Å². The molecule has 1 saturated carbocycles. The fraction of sp³-hybridized carbons (Fsp3) is 0.480. The molecule has 0 aliphatic heterocycles. The van der Waals surface area contributed by atoms with Crippen molar-refractivity contribution in [2.45, 2.75) is 45.6 Å². The van der Waals surface area contributed by atoms with Crippen LogP contribution in [0.4, 0.5) is 0 Å². The predicted molar refractivity (Wildman–Crippen MR) is 118 cm³/mol. The molecular formula is C25H34N2O2. The van der Waals surface area contributed by atoms with E-state index in [1.54, 1.807) is 0 Å². The number of carbonyl (C=O) groups excluding carboxylic acids is 1. The summed E-state index contributed by atoms with van der Waals surface area (Å²) >= 11 is 0. The highest BCUT2D eigenvalue weighted by Crippen LogP contribution is 2.59. The Morgan fingerprint density at radius 1 is 1.17 bits per heavy atom. The average molecular weight is 395 g/mol. The molecule has 4 heteroatoms. The molecule has 0 radical (unpaired) electrons. The van der Waals surface area contributed by atoms with E-state index in [9.17, 15) is 9.90 Å². The van der Waals surface area contributed by atoms with Gasteiger partial charge in [0, 0.05) is 18.0 Å². The smallest absolute Gasteiger partial charge is 0.224 e. The molecule has 2 aromatic carbocycles. The van der Waals surface area contributed by atoms with Gasteiger partial charge in [-0.1, -0.05) is 44.2 Å². The minimum atomic E-state index is -0.0803. The van der Waals surface area contributed by atoms with E-state index in [1.165, 1.54) is 11.1 Å². The number of amides is 1. The quantitative estimate of drug-likeness (QED) is 0.751. The number of nitrogens with zero attached hydrogens (tertiary/aromatic N) is 1. The highest BCUT2D eigenvalue weighted by molar-refractivity contribution is 5.85. The second kappa shape index (κ2) is 8.19. The lowest BCUT2D eigenvalue weighted by Gasteiger charge is -2.26. The number of phenolic OH excluding ortho intramolecular Hbond substituents is 1. The molecule has 1 aliphatic rings. The van der Waals surface area contributed by atoms with E-state index in [2.05, 4.69) is 50.3 Å². The van der Waals surface area contributed by atoms with Gasteiger partial charge in [0.25, 0.3) is 0 Å². The van der Waals surface area contributed by atoms with Crippen LogP contribution in [0.25, 0.3) is 0 Å². The van der Waals surface area contributed by atoms with Crippen molar-refractivity contribution in [2.75, 3.05) is 20.6 Å². The fourth-order valence-electron chi connectivity index (χ4n) is 4.76. The van der Waals surface area contributed by atoms with E-state index >= 15 is 0 Å². The lowest BCUT2D eigenvalue weighted by molar-refractivity contribution is -0.123. The van der Waals surface area contributed by atoms with Crippen molar-refractivity contribution in [1.82, 2.24) is 10.2 Å². The van der Waals surface area contributed by atoms with E-state index in [0.717, 1.165) is 17.5 Å². The summed E-state index contributed by atoms with van der Waals surface area (Å²) in [4.78, 5) is 15.2. The van der Waals surface area contributed by atoms with Gasteiger partial charge >= 0.3 is 0 Å². The number of hydrogen-bond donors (Lipinski definition) is 2. The highest BCUT2D eigenvalue weighted by Gasteiger charge is 2.62. The molecule has 2 aromatic rings. The van der Waals surface area contributed by atoms with Crippen LogP contribution in [0.1, 0.15) is 36.1 Å². The van der Waals surface area contributed by atoms with Gasteiger partial charge in [-0.05, 0) is 74.7 Å². The number of likely N-dealkylation sites (N-methyl/N-ethyl adjacent to an activating group) is 1. The van der Waals surface area contributed by atoms with Crippen LogP contribution < -0.4 is 5.32 Å². The van der Waals surface area contributed by atoms with Crippen LogP contribution in [0.5, 0.6) is 5.75 Å². The Morgan fingerprint density at radius 2 is 1.76 bits per heavy atom. The first-order chi connectivity index (χ1) is 13.7. The molecule has 1 fully saturated rings. The Hall–Kier alpha value is -2.33. The first-order valence-corrected chi connectivity index (χ1v) is 10.4. The van der Waals surface area contributed by atoms with E-state index in [0.29, 0.717) is 18.2 Å². The van der Waals surface area contributed by atoms with Gasteiger partial charge in [-0.3, -0.25) is 4.79 Å². The second-order valence-electron chi connectivity index (χ2n) is 9.04. The van der Waals surface area contributed by atoms with Gasteiger partial charge < -0.3 is 15.3 Å². The first kappa shape index (κ1) is 21.4. The van der Waals surface area contributed by atoms with Gasteiger partial charge in [0.15, 0.2) is 0 Å². The summed E-state index contributed by atoms with van der Waals surface area (Å²) in [6.45, 7) is 9.04. The molecule has 1 aliphatic carbocycles. The van der Waals surface area contributed by atoms with E-state index in [1.807, 2.05) is 44.2 Å². The number of phenols is 1. The zero-order chi connectivity index (χ0) is 21.3. The van der Waals surface area contributed by atoms with Crippen LogP contribution in [0.3, 0.4) is 0 Å². The third-order valence-electron chi connectivity index (χ3n) is 7.02. The summed E-state index contributed by atoms with van der Waals surface area (Å²) in [5.74, 6) is 0.811. The molecule has 156 valence electrons. The standard InChI is InChI=1S/C25H34N2O2/c1-16-12-21(28)13-17(2)22(16)14-20(27(5)6)15-26-24(29)23-18(3)25(23,4)19-10-8-7-9-11-19/h7-13,18,20,23,28H,14-15H2,1-6H3,(H,26,29)/t18-,20-,23-,25-/m0/s1. The zero-order valence-corrected chi connectivity index (χ0v) is 18.5. The van der Waals surface area contributed by atoms with Gasteiger partial charge in [0.05, 0.1) is 5.92 Å². The Bertz CT molecular complexity index is 855. The third-order valence-corrected chi connectivity index (χ3v) is 7.02. The Morgan fingerprint density at radius 3 is 2.31 bits per heavy atom. The lowest BCUT2D eigenvalue weighted by atomic mass is 9.94. The Labute approximate surface area is 174 Å². The van der Waals surface area contributed by atoms with Crippen LogP contribution >= 0.6 is 0 Å². The maximum Gasteiger partial charge on any atom is 0.224 e. The second-order valence-corrected chi connectivity index (χ2v) is 9.04. The van der Waals surface area contributed by atoms with Crippen molar-refractivity contribution in [3.8, 4) is 5.75 Å². The first-order valence-electron chi connectivity index (χ1n) is 10.4. The van der Waals surface area contributed by atoms with E-state index in [4.69, 9.17) is 0 Å². The van der Waals surface area contributed by atoms with E-state index < -0.39 is 0 Å². The van der Waals surface area contributed by atoms with Gasteiger partial charge in [-0.15, -0.1) is 0 Å². The molecule has 29 heavy (non-hydrogen) atoms. The monoisotopic (exact) mass is 394 g/mol.